The SMILES string of the molecule is Cl.NCC1CCCCC1NC(=O)c1ccc(Cl)c(NC(=O)c2cccs2)c1. The van der Waals surface area contributed by atoms with Crippen LogP contribution >= 0.6 is 35.3 Å². The van der Waals surface area contributed by atoms with E-state index in [2.05, 4.69) is 10.6 Å². The van der Waals surface area contributed by atoms with E-state index in [1.54, 1.807) is 24.3 Å². The van der Waals surface area contributed by atoms with Gasteiger partial charge in [0.15, 0.2) is 0 Å². The monoisotopic (exact) mass is 427 g/mol. The summed E-state index contributed by atoms with van der Waals surface area (Å²) in [5, 5.41) is 8.09. The van der Waals surface area contributed by atoms with Gasteiger partial charge in [0.25, 0.3) is 11.8 Å². The van der Waals surface area contributed by atoms with Crippen molar-refractivity contribution < 1.29 is 9.59 Å². The molecule has 27 heavy (non-hydrogen) atoms. The molecule has 0 spiro atoms. The summed E-state index contributed by atoms with van der Waals surface area (Å²) in [5.74, 6) is -0.0911. The first-order chi connectivity index (χ1) is 12.6. The molecule has 5 nitrogen and oxygen atoms in total. The normalized spacial score (nSPS) is 19.0. The van der Waals surface area contributed by atoms with E-state index in [1.807, 2.05) is 11.4 Å². The summed E-state index contributed by atoms with van der Waals surface area (Å²) in [4.78, 5) is 25.5. The van der Waals surface area contributed by atoms with Gasteiger partial charge < -0.3 is 16.4 Å². The van der Waals surface area contributed by atoms with Gasteiger partial charge in [0.2, 0.25) is 0 Å². The molecule has 8 heteroatoms. The fourth-order valence-corrected chi connectivity index (χ4v) is 4.07. The zero-order valence-corrected chi connectivity index (χ0v) is 17.1. The molecule has 0 radical (unpaired) electrons. The van der Waals surface area contributed by atoms with Gasteiger partial charge in [-0.1, -0.05) is 30.5 Å². The zero-order chi connectivity index (χ0) is 18.5. The number of hydrogen-bond acceptors (Lipinski definition) is 4. The quantitative estimate of drug-likeness (QED) is 0.663. The minimum Gasteiger partial charge on any atom is -0.349 e. The van der Waals surface area contributed by atoms with Gasteiger partial charge in [-0.25, -0.2) is 0 Å². The Morgan fingerprint density at radius 2 is 1.96 bits per heavy atom. The van der Waals surface area contributed by atoms with Gasteiger partial charge >= 0.3 is 0 Å². The van der Waals surface area contributed by atoms with E-state index < -0.39 is 0 Å². The first-order valence-corrected chi connectivity index (χ1v) is 9.99. The molecule has 4 N–H and O–H groups in total. The predicted octanol–water partition coefficient (Wildman–Crippen LogP) is 4.32. The molecule has 146 valence electrons. The van der Waals surface area contributed by atoms with Gasteiger partial charge in [0, 0.05) is 11.6 Å². The maximum Gasteiger partial charge on any atom is 0.265 e. The fourth-order valence-electron chi connectivity index (χ4n) is 3.29. The lowest BCUT2D eigenvalue weighted by Crippen LogP contribution is -2.44. The topological polar surface area (TPSA) is 84.2 Å². The Bertz CT molecular complexity index is 783. The van der Waals surface area contributed by atoms with Crippen LogP contribution in [0.5, 0.6) is 0 Å². The van der Waals surface area contributed by atoms with Crippen LogP contribution < -0.4 is 16.4 Å². The van der Waals surface area contributed by atoms with Crippen LogP contribution in [0.3, 0.4) is 0 Å². The van der Waals surface area contributed by atoms with Crippen LogP contribution in [0, 0.1) is 5.92 Å². The second-order valence-corrected chi connectivity index (χ2v) is 7.84. The average Bonchev–Trinajstić information content (AvgIpc) is 3.18. The van der Waals surface area contributed by atoms with E-state index in [9.17, 15) is 9.59 Å². The summed E-state index contributed by atoms with van der Waals surface area (Å²) in [6.45, 7) is 0.577. The van der Waals surface area contributed by atoms with E-state index in [1.165, 1.54) is 11.3 Å². The molecule has 1 aromatic carbocycles. The fraction of sp³-hybridized carbons (Fsp3) is 0.368. The number of carbonyl (C=O) groups excluding carboxylic acids is 2. The first kappa shape index (κ1) is 21.7. The maximum atomic E-state index is 12.6. The van der Waals surface area contributed by atoms with E-state index in [0.29, 0.717) is 33.6 Å². The molecule has 2 aromatic rings. The van der Waals surface area contributed by atoms with Crippen LogP contribution in [0.1, 0.15) is 45.7 Å². The molecular formula is C19H23Cl2N3O2S. The zero-order valence-electron chi connectivity index (χ0n) is 14.7. The smallest absolute Gasteiger partial charge is 0.265 e. The first-order valence-electron chi connectivity index (χ1n) is 8.74. The number of amides is 2. The molecule has 1 aromatic heterocycles. The van der Waals surface area contributed by atoms with Gasteiger partial charge in [-0.2, -0.15) is 0 Å². The van der Waals surface area contributed by atoms with Crippen LogP contribution in [0.15, 0.2) is 35.7 Å². The number of anilines is 1. The lowest BCUT2D eigenvalue weighted by molar-refractivity contribution is 0.0907. The van der Waals surface area contributed by atoms with Crippen molar-refractivity contribution in [1.82, 2.24) is 5.32 Å². The van der Waals surface area contributed by atoms with Crippen molar-refractivity contribution in [1.29, 1.82) is 0 Å². The highest BCUT2D eigenvalue weighted by molar-refractivity contribution is 7.12. The van der Waals surface area contributed by atoms with Crippen LogP contribution in [-0.2, 0) is 0 Å². The standard InChI is InChI=1S/C19H22ClN3O2S.ClH/c20-14-8-7-12(10-16(14)23-19(25)17-6-3-9-26-17)18(24)22-15-5-2-1-4-13(15)11-21;/h3,6-10,13,15H,1-2,4-5,11,21H2,(H,22,24)(H,23,25);1H. The van der Waals surface area contributed by atoms with Crippen molar-refractivity contribution in [3.8, 4) is 0 Å². The van der Waals surface area contributed by atoms with Crippen LogP contribution in [0.2, 0.25) is 5.02 Å². The van der Waals surface area contributed by atoms with E-state index >= 15 is 0 Å². The van der Waals surface area contributed by atoms with Gasteiger partial charge in [0.1, 0.15) is 0 Å². The van der Waals surface area contributed by atoms with Crippen molar-refractivity contribution in [3.05, 3.63) is 51.2 Å². The summed E-state index contributed by atoms with van der Waals surface area (Å²) < 4.78 is 0. The second kappa shape index (κ2) is 10.1. The average molecular weight is 428 g/mol. The summed E-state index contributed by atoms with van der Waals surface area (Å²) in [6.07, 6.45) is 4.26. The van der Waals surface area contributed by atoms with Gasteiger partial charge in [-0.05, 0) is 54.9 Å². The molecule has 1 fully saturated rings. The highest BCUT2D eigenvalue weighted by Crippen LogP contribution is 2.26. The summed E-state index contributed by atoms with van der Waals surface area (Å²) in [7, 11) is 0. The molecule has 1 saturated carbocycles. The van der Waals surface area contributed by atoms with Crippen molar-refractivity contribution in [2.75, 3.05) is 11.9 Å². The van der Waals surface area contributed by atoms with Gasteiger partial charge in [0.05, 0.1) is 15.6 Å². The molecule has 2 amide bonds. The Morgan fingerprint density at radius 3 is 2.67 bits per heavy atom. The lowest BCUT2D eigenvalue weighted by atomic mass is 9.84. The second-order valence-electron chi connectivity index (χ2n) is 6.49. The third kappa shape index (κ3) is 5.45. The number of thiophene rings is 1. The summed E-state index contributed by atoms with van der Waals surface area (Å²) >= 11 is 7.53. The van der Waals surface area contributed by atoms with Gasteiger partial charge in [-0.15, -0.1) is 23.7 Å². The Hall–Kier alpha value is -1.60. The molecule has 1 aliphatic carbocycles. The van der Waals surface area contributed by atoms with Crippen molar-refractivity contribution in [2.24, 2.45) is 11.7 Å². The van der Waals surface area contributed by atoms with Gasteiger partial charge in [-0.3, -0.25) is 9.59 Å². The highest BCUT2D eigenvalue weighted by atomic mass is 35.5. The number of halogens is 2. The molecule has 0 saturated heterocycles. The highest BCUT2D eigenvalue weighted by Gasteiger charge is 2.26. The maximum absolute atomic E-state index is 12.6. The Balaban J connectivity index is 0.00000261. The van der Waals surface area contributed by atoms with Crippen molar-refractivity contribution in [2.45, 2.75) is 31.7 Å². The van der Waals surface area contributed by atoms with Crippen molar-refractivity contribution >= 4 is 52.8 Å². The number of carbonyl (C=O) groups is 2. The largest absolute Gasteiger partial charge is 0.349 e. The molecule has 1 aliphatic rings. The number of benzene rings is 1. The summed E-state index contributed by atoms with van der Waals surface area (Å²) in [5.41, 5.74) is 6.74. The van der Waals surface area contributed by atoms with E-state index in [-0.39, 0.29) is 30.3 Å². The van der Waals surface area contributed by atoms with E-state index in [4.69, 9.17) is 17.3 Å². The number of nitrogens with one attached hydrogen (secondary N) is 2. The molecule has 2 unspecified atom stereocenters. The molecule has 0 bridgehead atoms. The van der Waals surface area contributed by atoms with Crippen LogP contribution in [-0.4, -0.2) is 24.4 Å². The van der Waals surface area contributed by atoms with Crippen LogP contribution in [0.4, 0.5) is 5.69 Å². The molecular weight excluding hydrogens is 405 g/mol. The Labute approximate surface area is 174 Å². The molecule has 3 rings (SSSR count). The molecule has 1 heterocycles. The third-order valence-corrected chi connectivity index (χ3v) is 5.95. The minimum absolute atomic E-state index is 0. The predicted molar refractivity (Wildman–Crippen MR) is 113 cm³/mol. The van der Waals surface area contributed by atoms with Crippen molar-refractivity contribution in [3.63, 3.8) is 0 Å². The number of hydrogen-bond donors (Lipinski definition) is 3. The molecule has 0 aliphatic heterocycles. The Morgan fingerprint density at radius 1 is 1.19 bits per heavy atom. The van der Waals surface area contributed by atoms with E-state index in [0.717, 1.165) is 25.7 Å². The number of rotatable bonds is 5. The Kier molecular flexibility index (Phi) is 8.10. The minimum atomic E-state index is -0.241. The van der Waals surface area contributed by atoms with Crippen LogP contribution in [0.25, 0.3) is 0 Å². The third-order valence-electron chi connectivity index (χ3n) is 4.75. The molecule has 2 atom stereocenters. The lowest BCUT2D eigenvalue weighted by Gasteiger charge is -2.31. The summed E-state index contributed by atoms with van der Waals surface area (Å²) in [6, 6.07) is 8.55. The number of nitrogens with two attached hydrogens (primary N) is 1.